The Morgan fingerprint density at radius 2 is 2.15 bits per heavy atom. The van der Waals surface area contributed by atoms with E-state index >= 15 is 0 Å². The predicted octanol–water partition coefficient (Wildman–Crippen LogP) is 3.29. The Hall–Kier alpha value is -1.14. The summed E-state index contributed by atoms with van der Waals surface area (Å²) >= 11 is 12.0. The molecular weight excluding hydrogens is 302 g/mol. The highest BCUT2D eigenvalue weighted by Gasteiger charge is 2.21. The number of aryl methyl sites for hydroxylation is 1. The number of hydrazine groups is 1. The van der Waals surface area contributed by atoms with Gasteiger partial charge in [0.15, 0.2) is 0 Å². The number of nitrogens with zero attached hydrogens (tertiary/aromatic N) is 2. The molecule has 0 radical (unpaired) electrons. The summed E-state index contributed by atoms with van der Waals surface area (Å²) in [5, 5.41) is 4.77. The first-order valence-corrected chi connectivity index (χ1v) is 6.96. The highest BCUT2D eigenvalue weighted by Crippen LogP contribution is 2.30. The third-order valence-corrected chi connectivity index (χ3v) is 3.57. The third-order valence-electron chi connectivity index (χ3n) is 2.99. The molecule has 0 saturated heterocycles. The summed E-state index contributed by atoms with van der Waals surface area (Å²) in [7, 11) is 0. The van der Waals surface area contributed by atoms with Gasteiger partial charge in [0, 0.05) is 6.54 Å². The molecule has 0 aliphatic heterocycles. The molecular formula is C13H15Cl2FN4. The molecule has 0 spiro atoms. The van der Waals surface area contributed by atoms with E-state index in [-0.39, 0.29) is 5.02 Å². The van der Waals surface area contributed by atoms with Crippen molar-refractivity contribution < 1.29 is 4.39 Å². The fourth-order valence-corrected chi connectivity index (χ4v) is 2.51. The van der Waals surface area contributed by atoms with Crippen molar-refractivity contribution in [1.29, 1.82) is 0 Å². The number of rotatable bonds is 5. The van der Waals surface area contributed by atoms with Gasteiger partial charge >= 0.3 is 0 Å². The summed E-state index contributed by atoms with van der Waals surface area (Å²) in [4.78, 5) is 0. The Morgan fingerprint density at radius 1 is 1.40 bits per heavy atom. The van der Waals surface area contributed by atoms with E-state index in [2.05, 4.69) is 10.5 Å². The van der Waals surface area contributed by atoms with E-state index in [9.17, 15) is 4.39 Å². The van der Waals surface area contributed by atoms with Crippen LogP contribution in [0.1, 0.15) is 30.6 Å². The van der Waals surface area contributed by atoms with Crippen molar-refractivity contribution in [3.8, 4) is 0 Å². The average Bonchev–Trinajstić information content (AvgIpc) is 2.77. The first-order valence-electron chi connectivity index (χ1n) is 6.20. The minimum Gasteiger partial charge on any atom is -0.271 e. The molecule has 1 heterocycles. The van der Waals surface area contributed by atoms with Crippen LogP contribution in [-0.2, 0) is 6.54 Å². The molecule has 0 amide bonds. The largest absolute Gasteiger partial charge is 0.271 e. The molecule has 0 bridgehead atoms. The Kier molecular flexibility index (Phi) is 4.99. The standard InChI is InChI=1S/C13H15Cl2FN4/c1-2-5-20-13(10(15)7-18-20)12(19-17)8-3-4-11(16)9(14)6-8/h3-4,6-7,12,19H,2,5,17H2,1H3. The second-order valence-corrected chi connectivity index (χ2v) is 5.19. The van der Waals surface area contributed by atoms with Gasteiger partial charge in [0.05, 0.1) is 28.0 Å². The van der Waals surface area contributed by atoms with Crippen LogP contribution in [0, 0.1) is 5.82 Å². The van der Waals surface area contributed by atoms with E-state index in [0.717, 1.165) is 24.2 Å². The molecule has 0 saturated carbocycles. The van der Waals surface area contributed by atoms with Gasteiger partial charge in [-0.25, -0.2) is 9.82 Å². The summed E-state index contributed by atoms with van der Waals surface area (Å²) in [6.45, 7) is 2.76. The van der Waals surface area contributed by atoms with Gasteiger partial charge in [-0.2, -0.15) is 5.10 Å². The molecule has 1 aromatic carbocycles. The number of benzene rings is 1. The second-order valence-electron chi connectivity index (χ2n) is 4.37. The van der Waals surface area contributed by atoms with Crippen LogP contribution in [0.5, 0.6) is 0 Å². The van der Waals surface area contributed by atoms with Gasteiger partial charge in [-0.05, 0) is 24.1 Å². The first-order chi connectivity index (χ1) is 9.58. The van der Waals surface area contributed by atoms with Crippen molar-refractivity contribution in [2.75, 3.05) is 0 Å². The van der Waals surface area contributed by atoms with Crippen molar-refractivity contribution in [1.82, 2.24) is 15.2 Å². The Labute approximate surface area is 126 Å². The number of hydrogen-bond donors (Lipinski definition) is 2. The highest BCUT2D eigenvalue weighted by molar-refractivity contribution is 6.31. The van der Waals surface area contributed by atoms with Gasteiger partial charge in [-0.1, -0.05) is 36.2 Å². The number of halogens is 3. The van der Waals surface area contributed by atoms with Gasteiger partial charge in [0.25, 0.3) is 0 Å². The first kappa shape index (κ1) is 15.3. The second kappa shape index (κ2) is 6.54. The fraction of sp³-hybridized carbons (Fsp3) is 0.308. The number of hydrogen-bond acceptors (Lipinski definition) is 3. The maximum Gasteiger partial charge on any atom is 0.141 e. The van der Waals surface area contributed by atoms with Crippen LogP contribution in [0.15, 0.2) is 24.4 Å². The van der Waals surface area contributed by atoms with E-state index < -0.39 is 11.9 Å². The lowest BCUT2D eigenvalue weighted by atomic mass is 10.0. The summed E-state index contributed by atoms with van der Waals surface area (Å²) in [5.41, 5.74) is 4.14. The molecule has 2 aromatic rings. The third kappa shape index (κ3) is 2.96. The van der Waals surface area contributed by atoms with Crippen molar-refractivity contribution in [2.45, 2.75) is 25.9 Å². The molecule has 1 aromatic heterocycles. The van der Waals surface area contributed by atoms with E-state index in [1.54, 1.807) is 16.9 Å². The molecule has 20 heavy (non-hydrogen) atoms. The van der Waals surface area contributed by atoms with E-state index in [1.807, 2.05) is 6.92 Å². The number of nitrogens with one attached hydrogen (secondary N) is 1. The fourth-order valence-electron chi connectivity index (χ4n) is 2.07. The van der Waals surface area contributed by atoms with Gasteiger partial charge in [0.2, 0.25) is 0 Å². The molecule has 0 aliphatic rings. The summed E-state index contributed by atoms with van der Waals surface area (Å²) < 4.78 is 15.0. The number of nitrogens with two attached hydrogens (primary N) is 1. The summed E-state index contributed by atoms with van der Waals surface area (Å²) in [6, 6.07) is 4.04. The molecule has 1 unspecified atom stereocenters. The van der Waals surface area contributed by atoms with Crippen LogP contribution in [0.2, 0.25) is 10.0 Å². The zero-order valence-corrected chi connectivity index (χ0v) is 12.4. The molecule has 7 heteroatoms. The smallest absolute Gasteiger partial charge is 0.141 e. The normalized spacial score (nSPS) is 12.7. The molecule has 1 atom stereocenters. The molecule has 0 fully saturated rings. The van der Waals surface area contributed by atoms with Crippen LogP contribution in [-0.4, -0.2) is 9.78 Å². The van der Waals surface area contributed by atoms with Crippen molar-refractivity contribution in [2.24, 2.45) is 5.84 Å². The highest BCUT2D eigenvalue weighted by atomic mass is 35.5. The zero-order chi connectivity index (χ0) is 14.7. The van der Waals surface area contributed by atoms with Crippen molar-refractivity contribution in [3.05, 3.63) is 51.5 Å². The van der Waals surface area contributed by atoms with Gasteiger partial charge in [0.1, 0.15) is 5.82 Å². The van der Waals surface area contributed by atoms with Gasteiger partial charge in [-0.3, -0.25) is 10.5 Å². The minimum atomic E-state index is -0.473. The maximum absolute atomic E-state index is 13.3. The van der Waals surface area contributed by atoms with Crippen LogP contribution >= 0.6 is 23.2 Å². The average molecular weight is 317 g/mol. The molecule has 108 valence electrons. The van der Waals surface area contributed by atoms with E-state index in [4.69, 9.17) is 29.0 Å². The van der Waals surface area contributed by atoms with Crippen molar-refractivity contribution in [3.63, 3.8) is 0 Å². The Bertz CT molecular complexity index is 600. The lowest BCUT2D eigenvalue weighted by Gasteiger charge is -2.19. The zero-order valence-electron chi connectivity index (χ0n) is 10.9. The molecule has 0 aliphatic carbocycles. The van der Waals surface area contributed by atoms with Crippen LogP contribution < -0.4 is 11.3 Å². The topological polar surface area (TPSA) is 55.9 Å². The van der Waals surface area contributed by atoms with E-state index in [1.165, 1.54) is 12.1 Å². The number of aromatic nitrogens is 2. The Morgan fingerprint density at radius 3 is 2.75 bits per heavy atom. The lowest BCUT2D eigenvalue weighted by Crippen LogP contribution is -2.31. The van der Waals surface area contributed by atoms with Crippen LogP contribution in [0.4, 0.5) is 4.39 Å². The SMILES string of the molecule is CCCn1ncc(Cl)c1C(NN)c1ccc(F)c(Cl)c1. The minimum absolute atomic E-state index is 0.0421. The van der Waals surface area contributed by atoms with Crippen LogP contribution in [0.3, 0.4) is 0 Å². The van der Waals surface area contributed by atoms with Crippen LogP contribution in [0.25, 0.3) is 0 Å². The molecule has 4 nitrogen and oxygen atoms in total. The quantitative estimate of drug-likeness (QED) is 0.657. The summed E-state index contributed by atoms with van der Waals surface area (Å²) in [5.74, 6) is 5.16. The lowest BCUT2D eigenvalue weighted by molar-refractivity contribution is 0.520. The molecule has 3 N–H and O–H groups in total. The van der Waals surface area contributed by atoms with Crippen molar-refractivity contribution >= 4 is 23.2 Å². The maximum atomic E-state index is 13.3. The molecule has 2 rings (SSSR count). The predicted molar refractivity (Wildman–Crippen MR) is 78.1 cm³/mol. The van der Waals surface area contributed by atoms with Gasteiger partial charge < -0.3 is 0 Å². The van der Waals surface area contributed by atoms with E-state index in [0.29, 0.717) is 5.02 Å². The monoisotopic (exact) mass is 316 g/mol. The van der Waals surface area contributed by atoms with Gasteiger partial charge in [-0.15, -0.1) is 0 Å². The summed E-state index contributed by atoms with van der Waals surface area (Å²) in [6.07, 6.45) is 2.48. The Balaban J connectivity index is 2.46.